The van der Waals surface area contributed by atoms with Crippen LogP contribution >= 0.6 is 11.6 Å². The third-order valence-corrected chi connectivity index (χ3v) is 5.67. The highest BCUT2D eigenvalue weighted by Gasteiger charge is 2.37. The van der Waals surface area contributed by atoms with Crippen LogP contribution in [0, 0.1) is 6.92 Å². The van der Waals surface area contributed by atoms with Gasteiger partial charge in [0.15, 0.2) is 0 Å². The Morgan fingerprint density at radius 3 is 2.62 bits per heavy atom. The molecular formula is C15H22ClN3O4S. The third kappa shape index (κ3) is 4.57. The van der Waals surface area contributed by atoms with Crippen molar-refractivity contribution in [2.24, 2.45) is 0 Å². The molecule has 1 saturated heterocycles. The second-order valence-corrected chi connectivity index (χ2v) is 9.36. The Hall–Kier alpha value is -1.41. The number of halogens is 1. The van der Waals surface area contributed by atoms with Gasteiger partial charge in [0.25, 0.3) is 0 Å². The number of carbonyl (C=O) groups excluding carboxylic acids is 1. The van der Waals surface area contributed by atoms with Gasteiger partial charge in [-0.15, -0.1) is 0 Å². The highest BCUT2D eigenvalue weighted by Crippen LogP contribution is 2.24. The molecule has 0 radical (unpaired) electrons. The number of carbonyl (C=O) groups is 1. The predicted molar refractivity (Wildman–Crippen MR) is 89.8 cm³/mol. The van der Waals surface area contributed by atoms with Gasteiger partial charge in [-0.25, -0.2) is 23.2 Å². The SMILES string of the molecule is Cc1cc(Cl)nc(S(=O)(=O)C2CCCN(C(=O)OC(C)(C)C)C2)n1. The van der Waals surface area contributed by atoms with Crippen LogP contribution in [0.25, 0.3) is 0 Å². The van der Waals surface area contributed by atoms with Crippen LogP contribution in [0.15, 0.2) is 11.2 Å². The molecule has 134 valence electrons. The van der Waals surface area contributed by atoms with Gasteiger partial charge in [0.2, 0.25) is 15.0 Å². The van der Waals surface area contributed by atoms with Gasteiger partial charge in [-0.2, -0.15) is 0 Å². The topological polar surface area (TPSA) is 89.5 Å². The van der Waals surface area contributed by atoms with E-state index in [1.807, 2.05) is 0 Å². The summed E-state index contributed by atoms with van der Waals surface area (Å²) in [5.74, 6) is 0. The fourth-order valence-corrected chi connectivity index (χ4v) is 4.40. The molecule has 1 amide bonds. The Bertz CT molecular complexity index is 710. The lowest BCUT2D eigenvalue weighted by atomic mass is 10.1. The highest BCUT2D eigenvalue weighted by atomic mass is 35.5. The number of aromatic nitrogens is 2. The van der Waals surface area contributed by atoms with Gasteiger partial charge in [-0.3, -0.25) is 0 Å². The minimum Gasteiger partial charge on any atom is -0.444 e. The number of hydrogen-bond donors (Lipinski definition) is 0. The molecule has 1 unspecified atom stereocenters. The number of aryl methyl sites for hydroxylation is 1. The van der Waals surface area contributed by atoms with Crippen LogP contribution in [0.1, 0.15) is 39.3 Å². The van der Waals surface area contributed by atoms with Crippen LogP contribution < -0.4 is 0 Å². The zero-order valence-corrected chi connectivity index (χ0v) is 15.8. The van der Waals surface area contributed by atoms with E-state index in [-0.39, 0.29) is 16.9 Å². The molecule has 0 spiro atoms. The maximum atomic E-state index is 12.8. The Labute approximate surface area is 147 Å². The summed E-state index contributed by atoms with van der Waals surface area (Å²) in [4.78, 5) is 21.4. The second kappa shape index (κ2) is 6.84. The lowest BCUT2D eigenvalue weighted by Gasteiger charge is -2.33. The molecule has 9 heteroatoms. The van der Waals surface area contributed by atoms with Crippen molar-refractivity contribution in [3.8, 4) is 0 Å². The number of ether oxygens (including phenoxy) is 1. The quantitative estimate of drug-likeness (QED) is 0.583. The zero-order chi connectivity index (χ0) is 18.1. The molecule has 1 aliphatic rings. The first-order valence-corrected chi connectivity index (χ1v) is 9.64. The van der Waals surface area contributed by atoms with Gasteiger partial charge in [-0.05, 0) is 46.6 Å². The molecule has 1 aromatic heterocycles. The average Bonchev–Trinajstić information content (AvgIpc) is 2.44. The average molecular weight is 376 g/mol. The van der Waals surface area contributed by atoms with Gasteiger partial charge >= 0.3 is 6.09 Å². The van der Waals surface area contributed by atoms with E-state index in [0.717, 1.165) is 0 Å². The fourth-order valence-electron chi connectivity index (χ4n) is 2.46. The van der Waals surface area contributed by atoms with Gasteiger partial charge in [-0.1, -0.05) is 11.6 Å². The molecule has 0 aliphatic carbocycles. The van der Waals surface area contributed by atoms with Gasteiger partial charge in [0, 0.05) is 18.8 Å². The molecule has 7 nitrogen and oxygen atoms in total. The van der Waals surface area contributed by atoms with Crippen LogP contribution in [0.5, 0.6) is 0 Å². The number of hydrogen-bond acceptors (Lipinski definition) is 6. The maximum Gasteiger partial charge on any atom is 0.410 e. The summed E-state index contributed by atoms with van der Waals surface area (Å²) in [6.45, 7) is 7.49. The fraction of sp³-hybridized carbons (Fsp3) is 0.667. The number of nitrogens with zero attached hydrogens (tertiary/aromatic N) is 3. The number of likely N-dealkylation sites (tertiary alicyclic amines) is 1. The first kappa shape index (κ1) is 18.9. The molecule has 1 fully saturated rings. The van der Waals surface area contributed by atoms with Crippen molar-refractivity contribution in [3.63, 3.8) is 0 Å². The molecule has 1 aliphatic heterocycles. The van der Waals surface area contributed by atoms with Crippen LogP contribution in [-0.4, -0.2) is 53.3 Å². The van der Waals surface area contributed by atoms with Gasteiger partial charge in [0.05, 0.1) is 5.25 Å². The van der Waals surface area contributed by atoms with Crippen molar-refractivity contribution in [1.82, 2.24) is 14.9 Å². The van der Waals surface area contributed by atoms with Crippen molar-refractivity contribution >= 4 is 27.5 Å². The maximum absolute atomic E-state index is 12.8. The molecule has 0 saturated carbocycles. The Morgan fingerprint density at radius 2 is 2.04 bits per heavy atom. The molecule has 0 bridgehead atoms. The molecule has 1 atom stereocenters. The summed E-state index contributed by atoms with van der Waals surface area (Å²) in [6.07, 6.45) is 0.504. The monoisotopic (exact) mass is 375 g/mol. The van der Waals surface area contributed by atoms with Crippen molar-refractivity contribution in [1.29, 1.82) is 0 Å². The summed E-state index contributed by atoms with van der Waals surface area (Å²) in [6, 6.07) is 1.49. The minimum absolute atomic E-state index is 0.0617. The van der Waals surface area contributed by atoms with Crippen molar-refractivity contribution in [2.45, 2.75) is 56.5 Å². The molecule has 2 heterocycles. The number of amides is 1. The van der Waals surface area contributed by atoms with Crippen LogP contribution in [0.2, 0.25) is 5.15 Å². The highest BCUT2D eigenvalue weighted by molar-refractivity contribution is 7.91. The smallest absolute Gasteiger partial charge is 0.410 e. The molecule has 1 aromatic rings. The number of piperidine rings is 1. The molecule has 0 N–H and O–H groups in total. The number of sulfone groups is 1. The first-order chi connectivity index (χ1) is 11.0. The standard InChI is InChI=1S/C15H22ClN3O4S/c1-10-8-12(16)18-13(17-10)24(21,22)11-6-5-7-19(9-11)14(20)23-15(2,3)4/h8,11H,5-7,9H2,1-4H3. The van der Waals surface area contributed by atoms with Crippen LogP contribution in [-0.2, 0) is 14.6 Å². The summed E-state index contributed by atoms with van der Waals surface area (Å²) < 4.78 is 30.9. The molecule has 2 rings (SSSR count). The molecule has 24 heavy (non-hydrogen) atoms. The summed E-state index contributed by atoms with van der Waals surface area (Å²) in [5.41, 5.74) is -0.149. The van der Waals surface area contributed by atoms with Crippen molar-refractivity contribution in [3.05, 3.63) is 16.9 Å². The van der Waals surface area contributed by atoms with E-state index in [4.69, 9.17) is 16.3 Å². The van der Waals surface area contributed by atoms with E-state index in [0.29, 0.717) is 25.1 Å². The Balaban J connectivity index is 2.20. The van der Waals surface area contributed by atoms with Crippen LogP contribution in [0.4, 0.5) is 4.79 Å². The summed E-state index contributed by atoms with van der Waals surface area (Å²) >= 11 is 5.85. The summed E-state index contributed by atoms with van der Waals surface area (Å²) in [5, 5.41) is -0.971. The number of rotatable bonds is 2. The first-order valence-electron chi connectivity index (χ1n) is 7.72. The third-order valence-electron chi connectivity index (χ3n) is 3.53. The van der Waals surface area contributed by atoms with Gasteiger partial charge < -0.3 is 9.64 Å². The van der Waals surface area contributed by atoms with E-state index in [1.165, 1.54) is 11.0 Å². The lowest BCUT2D eigenvalue weighted by molar-refractivity contribution is 0.0219. The Morgan fingerprint density at radius 1 is 1.38 bits per heavy atom. The van der Waals surface area contributed by atoms with E-state index >= 15 is 0 Å². The minimum atomic E-state index is -3.77. The van der Waals surface area contributed by atoms with Crippen molar-refractivity contribution < 1.29 is 17.9 Å². The summed E-state index contributed by atoms with van der Waals surface area (Å²) in [7, 11) is -3.77. The van der Waals surface area contributed by atoms with E-state index in [9.17, 15) is 13.2 Å². The van der Waals surface area contributed by atoms with E-state index in [2.05, 4.69) is 9.97 Å². The molecule has 0 aromatic carbocycles. The second-order valence-electron chi connectivity index (χ2n) is 6.85. The largest absolute Gasteiger partial charge is 0.444 e. The van der Waals surface area contributed by atoms with E-state index < -0.39 is 26.8 Å². The van der Waals surface area contributed by atoms with Gasteiger partial charge in [0.1, 0.15) is 10.8 Å². The normalized spacial score (nSPS) is 19.2. The predicted octanol–water partition coefficient (Wildman–Crippen LogP) is 2.61. The van der Waals surface area contributed by atoms with Crippen LogP contribution in [0.3, 0.4) is 0 Å². The molecular weight excluding hydrogens is 354 g/mol. The van der Waals surface area contributed by atoms with Crippen molar-refractivity contribution in [2.75, 3.05) is 13.1 Å². The zero-order valence-electron chi connectivity index (χ0n) is 14.2. The lowest BCUT2D eigenvalue weighted by Crippen LogP contribution is -2.47. The Kier molecular flexibility index (Phi) is 5.39. The van der Waals surface area contributed by atoms with E-state index in [1.54, 1.807) is 27.7 Å².